The lowest BCUT2D eigenvalue weighted by molar-refractivity contribution is -0.152. The summed E-state index contributed by atoms with van der Waals surface area (Å²) in [5.74, 6) is -0.804. The summed E-state index contributed by atoms with van der Waals surface area (Å²) < 4.78 is 5.34. The second-order valence-electron chi connectivity index (χ2n) is 5.28. The van der Waals surface area contributed by atoms with Gasteiger partial charge in [-0.1, -0.05) is 26.7 Å². The molecule has 0 saturated heterocycles. The minimum absolute atomic E-state index is 0.0520. The van der Waals surface area contributed by atoms with E-state index in [1.54, 1.807) is 0 Å². The van der Waals surface area contributed by atoms with Crippen molar-refractivity contribution < 1.29 is 19.7 Å². The van der Waals surface area contributed by atoms with Crippen LogP contribution in [0.5, 0.6) is 0 Å². The van der Waals surface area contributed by atoms with Crippen LogP contribution in [0.4, 0.5) is 0 Å². The molecule has 0 rings (SSSR count). The molecular weight excluding hydrogens is 232 g/mol. The predicted octanol–water partition coefficient (Wildman–Crippen LogP) is 2.83. The summed E-state index contributed by atoms with van der Waals surface area (Å²) in [6, 6.07) is 0. The zero-order chi connectivity index (χ0) is 14.2. The molecule has 108 valence electrons. The third kappa shape index (κ3) is 5.83. The third-order valence-corrected chi connectivity index (χ3v) is 3.39. The fraction of sp³-hybridized carbons (Fsp3) is 0.929. The van der Waals surface area contributed by atoms with Gasteiger partial charge >= 0.3 is 5.97 Å². The summed E-state index contributed by atoms with van der Waals surface area (Å²) in [7, 11) is 0. The highest BCUT2D eigenvalue weighted by atomic mass is 16.5. The molecule has 0 aliphatic heterocycles. The molecular formula is C14H28O4. The number of carboxylic acid groups (broad SMARTS) is 1. The molecule has 0 aromatic heterocycles. The largest absolute Gasteiger partial charge is 0.481 e. The van der Waals surface area contributed by atoms with E-state index in [2.05, 4.69) is 0 Å². The summed E-state index contributed by atoms with van der Waals surface area (Å²) in [4.78, 5) is 11.5. The number of ether oxygens (including phenoxy) is 1. The number of hydrogen-bond acceptors (Lipinski definition) is 3. The molecule has 4 nitrogen and oxygen atoms in total. The van der Waals surface area contributed by atoms with Gasteiger partial charge in [0.1, 0.15) is 0 Å². The van der Waals surface area contributed by atoms with Crippen LogP contribution in [0.3, 0.4) is 0 Å². The van der Waals surface area contributed by atoms with Crippen molar-refractivity contribution in [3.05, 3.63) is 0 Å². The number of aliphatic hydroxyl groups is 1. The summed E-state index contributed by atoms with van der Waals surface area (Å²) in [6.45, 7) is 7.92. The van der Waals surface area contributed by atoms with E-state index in [9.17, 15) is 15.0 Å². The molecule has 0 aliphatic carbocycles. The van der Waals surface area contributed by atoms with E-state index in [1.807, 2.05) is 27.7 Å². The van der Waals surface area contributed by atoms with Gasteiger partial charge in [0.05, 0.1) is 24.2 Å². The van der Waals surface area contributed by atoms with Gasteiger partial charge in [-0.15, -0.1) is 0 Å². The Morgan fingerprint density at radius 1 is 1.33 bits per heavy atom. The van der Waals surface area contributed by atoms with Crippen LogP contribution in [0.15, 0.2) is 0 Å². The van der Waals surface area contributed by atoms with Gasteiger partial charge in [-0.3, -0.25) is 4.79 Å². The van der Waals surface area contributed by atoms with Crippen LogP contribution in [0.25, 0.3) is 0 Å². The van der Waals surface area contributed by atoms with Crippen molar-refractivity contribution >= 4 is 5.97 Å². The molecule has 2 atom stereocenters. The number of hydrogen-bond donors (Lipinski definition) is 2. The van der Waals surface area contributed by atoms with Crippen LogP contribution in [0, 0.1) is 5.41 Å². The van der Waals surface area contributed by atoms with Crippen molar-refractivity contribution in [2.75, 3.05) is 6.61 Å². The number of aliphatic carboxylic acids is 1. The second-order valence-corrected chi connectivity index (χ2v) is 5.28. The Kier molecular flexibility index (Phi) is 8.20. The highest BCUT2D eigenvalue weighted by Crippen LogP contribution is 2.34. The van der Waals surface area contributed by atoms with Crippen molar-refractivity contribution in [3.63, 3.8) is 0 Å². The normalized spacial score (nSPS) is 16.6. The molecule has 18 heavy (non-hydrogen) atoms. The van der Waals surface area contributed by atoms with E-state index in [4.69, 9.17) is 4.74 Å². The second kappa shape index (κ2) is 8.48. The SMILES string of the molecule is CCCCC(CC)(CC(O)COC(C)C)C(=O)O. The van der Waals surface area contributed by atoms with Gasteiger partial charge in [0, 0.05) is 0 Å². The van der Waals surface area contributed by atoms with E-state index in [-0.39, 0.29) is 19.1 Å². The van der Waals surface area contributed by atoms with E-state index < -0.39 is 17.5 Å². The third-order valence-electron chi connectivity index (χ3n) is 3.39. The summed E-state index contributed by atoms with van der Waals surface area (Å²) in [5.41, 5.74) is -0.810. The van der Waals surface area contributed by atoms with Crippen LogP contribution in [-0.4, -0.2) is 35.0 Å². The first-order valence-electron chi connectivity index (χ1n) is 6.91. The van der Waals surface area contributed by atoms with Gasteiger partial charge in [-0.2, -0.15) is 0 Å². The molecule has 0 heterocycles. The average molecular weight is 260 g/mol. The van der Waals surface area contributed by atoms with E-state index in [0.29, 0.717) is 12.8 Å². The van der Waals surface area contributed by atoms with E-state index >= 15 is 0 Å². The molecule has 0 radical (unpaired) electrons. The lowest BCUT2D eigenvalue weighted by Crippen LogP contribution is -2.36. The Morgan fingerprint density at radius 3 is 2.33 bits per heavy atom. The molecule has 0 aliphatic rings. The topological polar surface area (TPSA) is 66.8 Å². The fourth-order valence-electron chi connectivity index (χ4n) is 2.10. The van der Waals surface area contributed by atoms with Crippen LogP contribution in [0.1, 0.15) is 59.8 Å². The fourth-order valence-corrected chi connectivity index (χ4v) is 2.10. The Labute approximate surface area is 110 Å². The highest BCUT2D eigenvalue weighted by molar-refractivity contribution is 5.74. The molecule has 2 N–H and O–H groups in total. The van der Waals surface area contributed by atoms with Gasteiger partial charge < -0.3 is 14.9 Å². The Balaban J connectivity index is 4.51. The molecule has 0 saturated carbocycles. The lowest BCUT2D eigenvalue weighted by atomic mass is 9.76. The van der Waals surface area contributed by atoms with Gasteiger partial charge in [-0.05, 0) is 33.1 Å². The monoisotopic (exact) mass is 260 g/mol. The standard InChI is InChI=1S/C14H28O4/c1-5-7-8-14(6-2,13(16)17)9-12(15)10-18-11(3)4/h11-12,15H,5-10H2,1-4H3,(H,16,17). The van der Waals surface area contributed by atoms with Gasteiger partial charge in [0.2, 0.25) is 0 Å². The predicted molar refractivity (Wildman–Crippen MR) is 71.6 cm³/mol. The lowest BCUT2D eigenvalue weighted by Gasteiger charge is -2.30. The number of rotatable bonds is 10. The maximum absolute atomic E-state index is 11.5. The molecule has 0 amide bonds. The average Bonchev–Trinajstić information content (AvgIpc) is 2.31. The zero-order valence-corrected chi connectivity index (χ0v) is 12.1. The van der Waals surface area contributed by atoms with Crippen LogP contribution in [-0.2, 0) is 9.53 Å². The first kappa shape index (κ1) is 17.4. The van der Waals surface area contributed by atoms with Crippen molar-refractivity contribution in [2.24, 2.45) is 5.41 Å². The van der Waals surface area contributed by atoms with Crippen molar-refractivity contribution in [1.82, 2.24) is 0 Å². The molecule has 0 spiro atoms. The zero-order valence-electron chi connectivity index (χ0n) is 12.1. The van der Waals surface area contributed by atoms with Crippen molar-refractivity contribution in [2.45, 2.75) is 72.0 Å². The summed E-state index contributed by atoms with van der Waals surface area (Å²) >= 11 is 0. The number of aliphatic hydroxyl groups excluding tert-OH is 1. The minimum Gasteiger partial charge on any atom is -0.481 e. The molecule has 0 aromatic rings. The van der Waals surface area contributed by atoms with Crippen molar-refractivity contribution in [3.8, 4) is 0 Å². The smallest absolute Gasteiger partial charge is 0.309 e. The molecule has 0 bridgehead atoms. The number of carbonyl (C=O) groups is 1. The van der Waals surface area contributed by atoms with E-state index in [1.165, 1.54) is 0 Å². The van der Waals surface area contributed by atoms with E-state index in [0.717, 1.165) is 12.8 Å². The van der Waals surface area contributed by atoms with Gasteiger partial charge in [-0.25, -0.2) is 0 Å². The maximum atomic E-state index is 11.5. The molecule has 0 fully saturated rings. The van der Waals surface area contributed by atoms with Crippen LogP contribution < -0.4 is 0 Å². The number of unbranched alkanes of at least 4 members (excludes halogenated alkanes) is 1. The quantitative estimate of drug-likeness (QED) is 0.634. The summed E-state index contributed by atoms with van der Waals surface area (Å²) in [5, 5.41) is 19.3. The van der Waals surface area contributed by atoms with Crippen LogP contribution >= 0.6 is 0 Å². The molecule has 0 aromatic carbocycles. The highest BCUT2D eigenvalue weighted by Gasteiger charge is 2.37. The summed E-state index contributed by atoms with van der Waals surface area (Å²) in [6.07, 6.45) is 2.61. The molecule has 2 unspecified atom stereocenters. The Morgan fingerprint density at radius 2 is 1.94 bits per heavy atom. The van der Waals surface area contributed by atoms with Gasteiger partial charge in [0.15, 0.2) is 0 Å². The molecule has 4 heteroatoms. The van der Waals surface area contributed by atoms with Crippen molar-refractivity contribution in [1.29, 1.82) is 0 Å². The maximum Gasteiger partial charge on any atom is 0.309 e. The first-order valence-corrected chi connectivity index (χ1v) is 6.91. The van der Waals surface area contributed by atoms with Gasteiger partial charge in [0.25, 0.3) is 0 Å². The van der Waals surface area contributed by atoms with Crippen LogP contribution in [0.2, 0.25) is 0 Å². The minimum atomic E-state index is -0.810. The Bertz CT molecular complexity index is 240. The Hall–Kier alpha value is -0.610. The first-order chi connectivity index (χ1) is 8.38. The number of carboxylic acids is 1.